The molecular formula is C8H8N2O. The Morgan fingerprint density at radius 2 is 2.27 bits per heavy atom. The molecule has 56 valence electrons. The monoisotopic (exact) mass is 148 g/mol. The van der Waals surface area contributed by atoms with Gasteiger partial charge in [0.1, 0.15) is 0 Å². The van der Waals surface area contributed by atoms with Crippen molar-refractivity contribution >= 4 is 10.9 Å². The largest absolute Gasteiger partial charge is 0.361 e. The molecule has 0 atom stereocenters. The summed E-state index contributed by atoms with van der Waals surface area (Å²) >= 11 is 0. The zero-order valence-corrected chi connectivity index (χ0v) is 6.14. The van der Waals surface area contributed by atoms with Gasteiger partial charge in [-0.3, -0.25) is 4.79 Å². The molecular weight excluding hydrogens is 140 g/mol. The fourth-order valence-corrected chi connectivity index (χ4v) is 1.20. The average Bonchev–Trinajstić information content (AvgIpc) is 2.34. The molecule has 2 rings (SSSR count). The van der Waals surface area contributed by atoms with Crippen molar-refractivity contribution in [1.82, 2.24) is 9.97 Å². The number of aryl methyl sites for hydroxylation is 1. The molecule has 2 N–H and O–H groups in total. The van der Waals surface area contributed by atoms with Crippen LogP contribution in [0.2, 0.25) is 0 Å². The summed E-state index contributed by atoms with van der Waals surface area (Å²) in [5.74, 6) is 0. The Labute approximate surface area is 63.1 Å². The molecule has 0 radical (unpaired) electrons. The van der Waals surface area contributed by atoms with Crippen LogP contribution in [-0.4, -0.2) is 9.97 Å². The lowest BCUT2D eigenvalue weighted by molar-refractivity contribution is 1.17. The molecule has 0 unspecified atom stereocenters. The minimum Gasteiger partial charge on any atom is -0.361 e. The molecule has 11 heavy (non-hydrogen) atoms. The number of aromatic nitrogens is 2. The SMILES string of the molecule is Cc1cc2[nH]ccc2c(=O)[nH]1. The van der Waals surface area contributed by atoms with Crippen LogP contribution in [0, 0.1) is 6.92 Å². The maximum Gasteiger partial charge on any atom is 0.257 e. The van der Waals surface area contributed by atoms with Gasteiger partial charge in [-0.2, -0.15) is 0 Å². The van der Waals surface area contributed by atoms with Gasteiger partial charge in [0, 0.05) is 11.9 Å². The Kier molecular flexibility index (Phi) is 1.12. The van der Waals surface area contributed by atoms with E-state index in [1.165, 1.54) is 0 Å². The number of rotatable bonds is 0. The van der Waals surface area contributed by atoms with Crippen molar-refractivity contribution < 1.29 is 0 Å². The van der Waals surface area contributed by atoms with Crippen LogP contribution in [-0.2, 0) is 0 Å². The van der Waals surface area contributed by atoms with E-state index in [4.69, 9.17) is 0 Å². The first kappa shape index (κ1) is 6.22. The van der Waals surface area contributed by atoms with E-state index in [-0.39, 0.29) is 5.56 Å². The topological polar surface area (TPSA) is 48.6 Å². The molecule has 0 amide bonds. The van der Waals surface area contributed by atoms with E-state index < -0.39 is 0 Å². The molecule has 0 saturated carbocycles. The molecule has 0 saturated heterocycles. The minimum atomic E-state index is -0.0266. The molecule has 2 heterocycles. The zero-order valence-electron chi connectivity index (χ0n) is 6.14. The smallest absolute Gasteiger partial charge is 0.257 e. The third-order valence-corrected chi connectivity index (χ3v) is 1.70. The first-order valence-corrected chi connectivity index (χ1v) is 3.44. The summed E-state index contributed by atoms with van der Waals surface area (Å²) in [4.78, 5) is 16.9. The molecule has 2 aromatic rings. The van der Waals surface area contributed by atoms with Gasteiger partial charge in [-0.1, -0.05) is 0 Å². The molecule has 0 aliphatic heterocycles. The van der Waals surface area contributed by atoms with Crippen LogP contribution in [0.5, 0.6) is 0 Å². The van der Waals surface area contributed by atoms with E-state index in [0.717, 1.165) is 16.6 Å². The third-order valence-electron chi connectivity index (χ3n) is 1.70. The lowest BCUT2D eigenvalue weighted by Gasteiger charge is -1.91. The Balaban J connectivity index is 3.02. The van der Waals surface area contributed by atoms with E-state index >= 15 is 0 Å². The predicted molar refractivity (Wildman–Crippen MR) is 43.7 cm³/mol. The summed E-state index contributed by atoms with van der Waals surface area (Å²) in [5, 5.41) is 0.718. The summed E-state index contributed by atoms with van der Waals surface area (Å²) in [7, 11) is 0. The number of nitrogens with one attached hydrogen (secondary N) is 2. The maximum absolute atomic E-state index is 11.2. The van der Waals surface area contributed by atoms with Crippen molar-refractivity contribution in [2.75, 3.05) is 0 Å². The standard InChI is InChI=1S/C8H8N2O/c1-5-4-7-6(2-3-9-7)8(11)10-5/h2-4,9H,1H3,(H,10,11). The van der Waals surface area contributed by atoms with Crippen LogP contribution in [0.25, 0.3) is 10.9 Å². The van der Waals surface area contributed by atoms with E-state index in [1.807, 2.05) is 13.0 Å². The van der Waals surface area contributed by atoms with Gasteiger partial charge in [-0.05, 0) is 19.1 Å². The molecule has 0 bridgehead atoms. The van der Waals surface area contributed by atoms with Gasteiger partial charge in [-0.25, -0.2) is 0 Å². The zero-order chi connectivity index (χ0) is 7.84. The molecule has 2 aromatic heterocycles. The average molecular weight is 148 g/mol. The number of fused-ring (bicyclic) bond motifs is 1. The highest BCUT2D eigenvalue weighted by Gasteiger charge is 1.97. The summed E-state index contributed by atoms with van der Waals surface area (Å²) in [5.41, 5.74) is 1.75. The second-order valence-corrected chi connectivity index (χ2v) is 2.59. The normalized spacial score (nSPS) is 10.6. The van der Waals surface area contributed by atoms with E-state index in [1.54, 1.807) is 12.3 Å². The van der Waals surface area contributed by atoms with Gasteiger partial charge in [0.15, 0.2) is 0 Å². The second-order valence-electron chi connectivity index (χ2n) is 2.59. The van der Waals surface area contributed by atoms with Crippen LogP contribution in [0.15, 0.2) is 23.1 Å². The van der Waals surface area contributed by atoms with Crippen molar-refractivity contribution in [3.05, 3.63) is 34.4 Å². The molecule has 0 aliphatic carbocycles. The number of H-pyrrole nitrogens is 2. The van der Waals surface area contributed by atoms with Crippen molar-refractivity contribution in [1.29, 1.82) is 0 Å². The van der Waals surface area contributed by atoms with Crippen molar-refractivity contribution in [2.24, 2.45) is 0 Å². The van der Waals surface area contributed by atoms with E-state index in [2.05, 4.69) is 9.97 Å². The maximum atomic E-state index is 11.2. The van der Waals surface area contributed by atoms with Crippen molar-refractivity contribution in [2.45, 2.75) is 6.92 Å². The number of hydrogen-bond acceptors (Lipinski definition) is 1. The lowest BCUT2D eigenvalue weighted by Crippen LogP contribution is -2.05. The summed E-state index contributed by atoms with van der Waals surface area (Å²) in [6.07, 6.45) is 1.76. The highest BCUT2D eigenvalue weighted by molar-refractivity contribution is 5.78. The number of pyridine rings is 1. The number of aromatic amines is 2. The van der Waals surface area contributed by atoms with E-state index in [9.17, 15) is 4.79 Å². The van der Waals surface area contributed by atoms with Gasteiger partial charge in [0.2, 0.25) is 0 Å². The Hall–Kier alpha value is -1.51. The van der Waals surface area contributed by atoms with Crippen molar-refractivity contribution in [3.63, 3.8) is 0 Å². The van der Waals surface area contributed by atoms with Crippen LogP contribution < -0.4 is 5.56 Å². The molecule has 3 heteroatoms. The Morgan fingerprint density at radius 1 is 1.45 bits per heavy atom. The van der Waals surface area contributed by atoms with E-state index in [0.29, 0.717) is 0 Å². The molecule has 0 aromatic carbocycles. The summed E-state index contributed by atoms with van der Waals surface area (Å²) in [6.45, 7) is 1.86. The molecule has 3 nitrogen and oxygen atoms in total. The summed E-state index contributed by atoms with van der Waals surface area (Å²) < 4.78 is 0. The highest BCUT2D eigenvalue weighted by Crippen LogP contribution is 2.05. The first-order chi connectivity index (χ1) is 5.27. The molecule has 0 fully saturated rings. The van der Waals surface area contributed by atoms with Gasteiger partial charge in [-0.15, -0.1) is 0 Å². The van der Waals surface area contributed by atoms with Crippen LogP contribution in [0.3, 0.4) is 0 Å². The highest BCUT2D eigenvalue weighted by atomic mass is 16.1. The van der Waals surface area contributed by atoms with Crippen LogP contribution in [0.4, 0.5) is 0 Å². The molecule has 0 aliphatic rings. The van der Waals surface area contributed by atoms with Gasteiger partial charge < -0.3 is 9.97 Å². The van der Waals surface area contributed by atoms with Gasteiger partial charge >= 0.3 is 0 Å². The fourth-order valence-electron chi connectivity index (χ4n) is 1.20. The Morgan fingerprint density at radius 3 is 3.09 bits per heavy atom. The van der Waals surface area contributed by atoms with Crippen molar-refractivity contribution in [3.8, 4) is 0 Å². The fraction of sp³-hybridized carbons (Fsp3) is 0.125. The van der Waals surface area contributed by atoms with Crippen LogP contribution in [0.1, 0.15) is 5.69 Å². The quantitative estimate of drug-likeness (QED) is 0.578. The van der Waals surface area contributed by atoms with Gasteiger partial charge in [0.05, 0.1) is 10.9 Å². The van der Waals surface area contributed by atoms with Crippen LogP contribution >= 0.6 is 0 Å². The predicted octanol–water partition coefficient (Wildman–Crippen LogP) is 1.16. The number of hydrogen-bond donors (Lipinski definition) is 2. The summed E-state index contributed by atoms with van der Waals surface area (Å²) in [6, 6.07) is 3.68. The van der Waals surface area contributed by atoms with Gasteiger partial charge in [0.25, 0.3) is 5.56 Å². The molecule has 0 spiro atoms. The first-order valence-electron chi connectivity index (χ1n) is 3.44. The second kappa shape index (κ2) is 1.99. The third kappa shape index (κ3) is 0.852. The lowest BCUT2D eigenvalue weighted by atomic mass is 10.3. The minimum absolute atomic E-state index is 0.0266. The Bertz CT molecular complexity index is 439.